The third-order valence-electron chi connectivity index (χ3n) is 7.15. The first-order chi connectivity index (χ1) is 18.6. The van der Waals surface area contributed by atoms with Crippen LogP contribution in [-0.2, 0) is 30.3 Å². The third-order valence-corrected chi connectivity index (χ3v) is 7.15. The van der Waals surface area contributed by atoms with E-state index < -0.39 is 0 Å². The van der Waals surface area contributed by atoms with Crippen LogP contribution in [0.4, 0.5) is 0 Å². The molecule has 0 aliphatic carbocycles. The lowest BCUT2D eigenvalue weighted by atomic mass is 10.1. The predicted octanol–water partition coefficient (Wildman–Crippen LogP) is 6.25. The molecule has 202 valence electrons. The minimum absolute atomic E-state index is 0.144. The Balaban J connectivity index is 1.44. The van der Waals surface area contributed by atoms with E-state index in [1.807, 2.05) is 111 Å². The van der Waals surface area contributed by atoms with Crippen LogP contribution < -0.4 is 0 Å². The van der Waals surface area contributed by atoms with E-state index in [1.165, 1.54) is 5.06 Å². The number of benzene rings is 2. The number of aromatic nitrogens is 2. The van der Waals surface area contributed by atoms with Gasteiger partial charge in [0.05, 0.1) is 12.2 Å². The first-order valence-corrected chi connectivity index (χ1v) is 12.9. The molecule has 4 rings (SSSR count). The van der Waals surface area contributed by atoms with Crippen LogP contribution in [0.25, 0.3) is 22.5 Å². The normalized spacial score (nSPS) is 10.9. The molecule has 0 atom stereocenters. The van der Waals surface area contributed by atoms with Gasteiger partial charge < -0.3 is 13.9 Å². The molecule has 2 aromatic carbocycles. The number of hydrogen-bond acceptors (Lipinski definition) is 4. The number of rotatable bonds is 10. The topological polar surface area (TPSA) is 65.7 Å². The van der Waals surface area contributed by atoms with Gasteiger partial charge >= 0.3 is 0 Å². The third kappa shape index (κ3) is 5.59. The van der Waals surface area contributed by atoms with Crippen LogP contribution in [0, 0.1) is 13.8 Å². The molecule has 0 radical (unpaired) electrons. The van der Waals surface area contributed by atoms with E-state index in [-0.39, 0.29) is 24.1 Å². The number of carbonyl (C=O) groups is 2. The van der Waals surface area contributed by atoms with Gasteiger partial charge in [-0.25, -0.2) is 5.06 Å². The van der Waals surface area contributed by atoms with Crippen molar-refractivity contribution in [2.75, 3.05) is 13.7 Å². The Morgan fingerprint density at radius 3 is 1.97 bits per heavy atom. The molecule has 39 heavy (non-hydrogen) atoms. The van der Waals surface area contributed by atoms with Gasteiger partial charge in [0.15, 0.2) is 5.76 Å². The molecule has 7 nitrogen and oxygen atoms in total. The highest BCUT2D eigenvalue weighted by atomic mass is 16.7. The molecule has 0 fully saturated rings. The SMILES string of the molecule is C=C(OCC)C(=O)c1cc(-c2ccc(CON(C)C(=O)c3cc(-c4ccccc4)n(C)c3C)cc2)n(C)c1C. The quantitative estimate of drug-likeness (QED) is 0.106. The first-order valence-electron chi connectivity index (χ1n) is 12.9. The summed E-state index contributed by atoms with van der Waals surface area (Å²) < 4.78 is 9.31. The van der Waals surface area contributed by atoms with Crippen molar-refractivity contribution in [3.05, 3.63) is 107 Å². The van der Waals surface area contributed by atoms with Crippen molar-refractivity contribution in [3.8, 4) is 22.5 Å². The Hall–Kier alpha value is -4.36. The molecule has 2 aromatic heterocycles. The summed E-state index contributed by atoms with van der Waals surface area (Å²) >= 11 is 0. The van der Waals surface area contributed by atoms with Gasteiger partial charge in [0.25, 0.3) is 5.91 Å². The van der Waals surface area contributed by atoms with E-state index >= 15 is 0 Å². The van der Waals surface area contributed by atoms with Crippen LogP contribution in [0.5, 0.6) is 0 Å². The molecular formula is C32H35N3O4. The van der Waals surface area contributed by atoms with Gasteiger partial charge in [0, 0.05) is 49.5 Å². The van der Waals surface area contributed by atoms with Crippen molar-refractivity contribution < 1.29 is 19.2 Å². The maximum Gasteiger partial charge on any atom is 0.279 e. The lowest BCUT2D eigenvalue weighted by molar-refractivity contribution is -0.116. The second kappa shape index (κ2) is 11.6. The molecule has 0 spiro atoms. The van der Waals surface area contributed by atoms with Crippen molar-refractivity contribution in [2.45, 2.75) is 27.4 Å². The molecule has 4 aromatic rings. The number of allylic oxidation sites excluding steroid dienone is 1. The highest BCUT2D eigenvalue weighted by Gasteiger charge is 2.21. The first kappa shape index (κ1) is 27.7. The summed E-state index contributed by atoms with van der Waals surface area (Å²) in [6, 6.07) is 21.6. The molecule has 0 saturated heterocycles. The van der Waals surface area contributed by atoms with E-state index in [2.05, 4.69) is 6.58 Å². The van der Waals surface area contributed by atoms with E-state index in [1.54, 1.807) is 7.05 Å². The van der Waals surface area contributed by atoms with Gasteiger partial charge in [-0.3, -0.25) is 14.4 Å². The van der Waals surface area contributed by atoms with Crippen LogP contribution in [-0.4, -0.2) is 39.5 Å². The van der Waals surface area contributed by atoms with E-state index in [0.29, 0.717) is 17.7 Å². The molecule has 2 heterocycles. The minimum atomic E-state index is -0.210. The van der Waals surface area contributed by atoms with Crippen molar-refractivity contribution in [2.24, 2.45) is 14.1 Å². The Kier molecular flexibility index (Phi) is 8.21. The Labute approximate surface area is 229 Å². The standard InChI is InChI=1S/C32H35N3O4/c1-8-38-23(4)31(36)27-18-29(33(5)21(27)2)26-16-14-24(15-17-26)20-39-35(7)32(37)28-19-30(34(6)22(28)3)25-12-10-9-11-13-25/h9-19H,4,8,20H2,1-3,5-7H3. The number of hydrogen-bond donors (Lipinski definition) is 0. The maximum atomic E-state index is 13.2. The van der Waals surface area contributed by atoms with Crippen LogP contribution in [0.2, 0.25) is 0 Å². The van der Waals surface area contributed by atoms with Crippen LogP contribution in [0.15, 0.2) is 79.1 Å². The molecule has 0 aliphatic rings. The zero-order chi connectivity index (χ0) is 28.3. The number of nitrogens with zero attached hydrogens (tertiary/aromatic N) is 3. The highest BCUT2D eigenvalue weighted by molar-refractivity contribution is 6.08. The number of carbonyl (C=O) groups excluding carboxylic acids is 2. The van der Waals surface area contributed by atoms with Gasteiger partial charge in [-0.2, -0.15) is 0 Å². The number of hydroxylamine groups is 2. The van der Waals surface area contributed by atoms with Crippen molar-refractivity contribution in [1.82, 2.24) is 14.2 Å². The van der Waals surface area contributed by atoms with Crippen molar-refractivity contribution >= 4 is 11.7 Å². The average Bonchev–Trinajstić information content (AvgIpc) is 3.42. The van der Waals surface area contributed by atoms with Gasteiger partial charge in [-0.05, 0) is 49.6 Å². The molecular weight excluding hydrogens is 490 g/mol. The lowest BCUT2D eigenvalue weighted by Crippen LogP contribution is -2.27. The summed E-state index contributed by atoms with van der Waals surface area (Å²) in [5.74, 6) is -0.267. The molecule has 1 amide bonds. The van der Waals surface area contributed by atoms with E-state index in [4.69, 9.17) is 9.57 Å². The number of ketones is 1. The molecule has 0 saturated carbocycles. The van der Waals surface area contributed by atoms with Gasteiger partial charge in [-0.15, -0.1) is 0 Å². The second-order valence-corrected chi connectivity index (χ2v) is 9.50. The van der Waals surface area contributed by atoms with Crippen LogP contribution in [0.3, 0.4) is 0 Å². The second-order valence-electron chi connectivity index (χ2n) is 9.50. The van der Waals surface area contributed by atoms with Crippen LogP contribution >= 0.6 is 0 Å². The Morgan fingerprint density at radius 1 is 0.846 bits per heavy atom. The molecule has 0 N–H and O–H groups in total. The molecule has 0 unspecified atom stereocenters. The number of amides is 1. The summed E-state index contributed by atoms with van der Waals surface area (Å²) in [6.07, 6.45) is 0. The summed E-state index contributed by atoms with van der Waals surface area (Å²) in [5, 5.41) is 1.29. The molecule has 0 aliphatic heterocycles. The van der Waals surface area contributed by atoms with Gasteiger partial charge in [0.2, 0.25) is 5.78 Å². The zero-order valence-electron chi connectivity index (χ0n) is 23.4. The fourth-order valence-electron chi connectivity index (χ4n) is 4.57. The van der Waals surface area contributed by atoms with E-state index in [9.17, 15) is 9.59 Å². The van der Waals surface area contributed by atoms with E-state index in [0.717, 1.165) is 39.5 Å². The van der Waals surface area contributed by atoms with Crippen molar-refractivity contribution in [1.29, 1.82) is 0 Å². The summed E-state index contributed by atoms with van der Waals surface area (Å²) in [6.45, 7) is 10.1. The summed E-state index contributed by atoms with van der Waals surface area (Å²) in [5.41, 5.74) is 7.71. The Morgan fingerprint density at radius 2 is 1.38 bits per heavy atom. The summed E-state index contributed by atoms with van der Waals surface area (Å²) in [7, 11) is 5.52. The Bertz CT molecular complexity index is 1510. The fourth-order valence-corrected chi connectivity index (χ4v) is 4.57. The van der Waals surface area contributed by atoms with Crippen LogP contribution in [0.1, 0.15) is 44.6 Å². The monoisotopic (exact) mass is 525 g/mol. The molecule has 0 bridgehead atoms. The predicted molar refractivity (Wildman–Crippen MR) is 153 cm³/mol. The van der Waals surface area contributed by atoms with Crippen molar-refractivity contribution in [3.63, 3.8) is 0 Å². The number of ether oxygens (including phenoxy) is 1. The fraction of sp³-hybridized carbons (Fsp3) is 0.250. The average molecular weight is 526 g/mol. The molecule has 7 heteroatoms. The van der Waals surface area contributed by atoms with Gasteiger partial charge in [0.1, 0.15) is 6.61 Å². The maximum absolute atomic E-state index is 13.2. The smallest absolute Gasteiger partial charge is 0.279 e. The number of Topliss-reactive ketones (excluding diaryl/α,β-unsaturated/α-hetero) is 1. The van der Waals surface area contributed by atoms with Gasteiger partial charge in [-0.1, -0.05) is 61.2 Å². The zero-order valence-corrected chi connectivity index (χ0v) is 23.4. The highest BCUT2D eigenvalue weighted by Crippen LogP contribution is 2.28. The summed E-state index contributed by atoms with van der Waals surface area (Å²) in [4.78, 5) is 31.7. The minimum Gasteiger partial charge on any atom is -0.490 e. The largest absolute Gasteiger partial charge is 0.490 e. The lowest BCUT2D eigenvalue weighted by Gasteiger charge is -2.17.